The Bertz CT molecular complexity index is 673. The zero-order valence-electron chi connectivity index (χ0n) is 11.5. The Balaban J connectivity index is 2.06. The maximum atomic E-state index is 13.1. The van der Waals surface area contributed by atoms with Crippen LogP contribution in [0.25, 0.3) is 0 Å². The molecule has 0 spiro atoms. The largest absolute Gasteiger partial charge is 0.481 e. The number of anilines is 1. The van der Waals surface area contributed by atoms with E-state index in [-0.39, 0.29) is 5.02 Å². The molecule has 0 fully saturated rings. The Morgan fingerprint density at radius 1 is 1.52 bits per heavy atom. The van der Waals surface area contributed by atoms with Crippen LogP contribution in [-0.2, 0) is 16.8 Å². The number of aromatic nitrogens is 1. The van der Waals surface area contributed by atoms with Crippen molar-refractivity contribution < 1.29 is 14.3 Å². The van der Waals surface area contributed by atoms with Crippen LogP contribution in [-0.4, -0.2) is 16.1 Å². The maximum absolute atomic E-state index is 13.1. The van der Waals surface area contributed by atoms with Gasteiger partial charge in [0.05, 0.1) is 10.7 Å². The fourth-order valence-electron chi connectivity index (χ4n) is 1.58. The zero-order valence-corrected chi connectivity index (χ0v) is 13.1. The Hall–Kier alpha value is -1.66. The molecule has 2 N–H and O–H groups in total. The lowest BCUT2D eigenvalue weighted by atomic mass is 9.90. The van der Waals surface area contributed by atoms with E-state index in [2.05, 4.69) is 10.3 Å². The van der Waals surface area contributed by atoms with Crippen LogP contribution in [0.4, 0.5) is 9.52 Å². The Morgan fingerprint density at radius 3 is 2.86 bits per heavy atom. The Morgan fingerprint density at radius 2 is 2.24 bits per heavy atom. The SMILES string of the molecule is CC(C)(C(=O)O)c1csc(NCc2ccc(F)c(Cl)c2)n1. The van der Waals surface area contributed by atoms with Crippen molar-refractivity contribution in [1.29, 1.82) is 0 Å². The number of carboxylic acids is 1. The molecule has 2 rings (SSSR count). The average Bonchev–Trinajstić information content (AvgIpc) is 2.89. The van der Waals surface area contributed by atoms with E-state index in [9.17, 15) is 9.18 Å². The molecule has 1 heterocycles. The normalized spacial score (nSPS) is 11.4. The number of benzene rings is 1. The van der Waals surface area contributed by atoms with E-state index < -0.39 is 17.2 Å². The second kappa shape index (κ2) is 5.99. The summed E-state index contributed by atoms with van der Waals surface area (Å²) in [7, 11) is 0. The predicted octanol–water partition coefficient (Wildman–Crippen LogP) is 3.91. The number of carboxylic acid groups (broad SMARTS) is 1. The summed E-state index contributed by atoms with van der Waals surface area (Å²) >= 11 is 7.04. The molecule has 112 valence electrons. The second-order valence-electron chi connectivity index (χ2n) is 5.07. The summed E-state index contributed by atoms with van der Waals surface area (Å²) < 4.78 is 13.1. The molecule has 1 aromatic carbocycles. The first-order valence-electron chi connectivity index (χ1n) is 6.18. The molecule has 4 nitrogen and oxygen atoms in total. The van der Waals surface area contributed by atoms with Crippen molar-refractivity contribution >= 4 is 34.0 Å². The van der Waals surface area contributed by atoms with Gasteiger partial charge in [-0.1, -0.05) is 17.7 Å². The highest BCUT2D eigenvalue weighted by molar-refractivity contribution is 7.13. The molecule has 0 aliphatic carbocycles. The van der Waals surface area contributed by atoms with Crippen molar-refractivity contribution in [3.63, 3.8) is 0 Å². The second-order valence-corrected chi connectivity index (χ2v) is 6.34. The van der Waals surface area contributed by atoms with Crippen molar-refractivity contribution in [3.8, 4) is 0 Å². The van der Waals surface area contributed by atoms with Crippen LogP contribution in [0.3, 0.4) is 0 Å². The summed E-state index contributed by atoms with van der Waals surface area (Å²) in [6, 6.07) is 4.48. The third kappa shape index (κ3) is 3.51. The molecular weight excluding hydrogens is 315 g/mol. The summed E-state index contributed by atoms with van der Waals surface area (Å²) in [5.41, 5.74) is 0.283. The van der Waals surface area contributed by atoms with Gasteiger partial charge in [0.15, 0.2) is 5.13 Å². The van der Waals surface area contributed by atoms with Gasteiger partial charge in [0.1, 0.15) is 11.2 Å². The number of rotatable bonds is 5. The molecule has 2 aromatic rings. The van der Waals surface area contributed by atoms with Crippen molar-refractivity contribution in [2.45, 2.75) is 25.8 Å². The van der Waals surface area contributed by atoms with E-state index in [1.54, 1.807) is 31.4 Å². The number of carbonyl (C=O) groups is 1. The van der Waals surface area contributed by atoms with Gasteiger partial charge in [0, 0.05) is 11.9 Å². The van der Waals surface area contributed by atoms with Crippen molar-refractivity contribution in [2.75, 3.05) is 5.32 Å². The van der Waals surface area contributed by atoms with Crippen LogP contribution in [0.2, 0.25) is 5.02 Å². The summed E-state index contributed by atoms with van der Waals surface area (Å²) in [5.74, 6) is -1.38. The molecule has 0 bridgehead atoms. The lowest BCUT2D eigenvalue weighted by Crippen LogP contribution is -2.28. The number of thiazole rings is 1. The van der Waals surface area contributed by atoms with Crippen LogP contribution in [0.5, 0.6) is 0 Å². The fraction of sp³-hybridized carbons (Fsp3) is 0.286. The molecule has 21 heavy (non-hydrogen) atoms. The minimum absolute atomic E-state index is 0.0705. The minimum atomic E-state index is -1.03. The fourth-order valence-corrected chi connectivity index (χ4v) is 2.66. The third-order valence-electron chi connectivity index (χ3n) is 3.11. The van der Waals surface area contributed by atoms with E-state index in [0.717, 1.165) is 5.56 Å². The van der Waals surface area contributed by atoms with Crippen LogP contribution in [0.1, 0.15) is 25.1 Å². The lowest BCUT2D eigenvalue weighted by molar-refractivity contribution is -0.142. The van der Waals surface area contributed by atoms with Crippen LogP contribution in [0, 0.1) is 5.82 Å². The van der Waals surface area contributed by atoms with Gasteiger partial charge in [-0.05, 0) is 31.5 Å². The monoisotopic (exact) mass is 328 g/mol. The Labute approximate surface area is 130 Å². The van der Waals surface area contributed by atoms with Crippen molar-refractivity contribution in [3.05, 3.63) is 45.7 Å². The van der Waals surface area contributed by atoms with Gasteiger partial charge in [-0.15, -0.1) is 11.3 Å². The van der Waals surface area contributed by atoms with Crippen molar-refractivity contribution in [2.24, 2.45) is 0 Å². The summed E-state index contributed by atoms with van der Waals surface area (Å²) in [6.07, 6.45) is 0. The molecule has 0 unspecified atom stereocenters. The van der Waals surface area contributed by atoms with Crippen LogP contribution >= 0.6 is 22.9 Å². The van der Waals surface area contributed by atoms with Gasteiger partial charge in [-0.25, -0.2) is 9.37 Å². The molecule has 0 atom stereocenters. The smallest absolute Gasteiger partial charge is 0.315 e. The number of nitrogens with zero attached hydrogens (tertiary/aromatic N) is 1. The van der Waals surface area contributed by atoms with E-state index in [4.69, 9.17) is 16.7 Å². The highest BCUT2D eigenvalue weighted by Crippen LogP contribution is 2.27. The molecule has 1 aromatic heterocycles. The van der Waals surface area contributed by atoms with Gasteiger partial charge in [-0.2, -0.15) is 0 Å². The number of halogens is 2. The number of aliphatic carboxylic acids is 1. The van der Waals surface area contributed by atoms with Gasteiger partial charge < -0.3 is 10.4 Å². The van der Waals surface area contributed by atoms with E-state index in [1.807, 2.05) is 0 Å². The molecule has 0 saturated heterocycles. The topological polar surface area (TPSA) is 62.2 Å². The zero-order chi connectivity index (χ0) is 15.6. The van der Waals surface area contributed by atoms with E-state index >= 15 is 0 Å². The highest BCUT2D eigenvalue weighted by Gasteiger charge is 2.32. The first-order chi connectivity index (χ1) is 9.80. The number of hydrogen-bond acceptors (Lipinski definition) is 4. The van der Waals surface area contributed by atoms with Gasteiger partial charge in [-0.3, -0.25) is 4.79 Å². The molecule has 0 aliphatic heterocycles. The molecule has 0 saturated carbocycles. The number of hydrogen-bond donors (Lipinski definition) is 2. The summed E-state index contributed by atoms with van der Waals surface area (Å²) in [5, 5.41) is 14.6. The molecule has 7 heteroatoms. The maximum Gasteiger partial charge on any atom is 0.315 e. The third-order valence-corrected chi connectivity index (χ3v) is 4.20. The molecular formula is C14H14ClFN2O2S. The van der Waals surface area contributed by atoms with Crippen LogP contribution in [0.15, 0.2) is 23.6 Å². The highest BCUT2D eigenvalue weighted by atomic mass is 35.5. The first kappa shape index (κ1) is 15.7. The summed E-state index contributed by atoms with van der Waals surface area (Å²) in [6.45, 7) is 3.64. The van der Waals surface area contributed by atoms with Crippen LogP contribution < -0.4 is 5.32 Å². The lowest BCUT2D eigenvalue weighted by Gasteiger charge is -2.15. The minimum Gasteiger partial charge on any atom is -0.481 e. The first-order valence-corrected chi connectivity index (χ1v) is 7.43. The standard InChI is InChI=1S/C14H14ClFN2O2S/c1-14(2,12(19)20)11-7-21-13(18-11)17-6-8-3-4-10(16)9(15)5-8/h3-5,7H,6H2,1-2H3,(H,17,18)(H,19,20). The van der Waals surface area contributed by atoms with Gasteiger partial charge in [0.2, 0.25) is 0 Å². The van der Waals surface area contributed by atoms with Gasteiger partial charge in [0.25, 0.3) is 0 Å². The molecule has 0 amide bonds. The quantitative estimate of drug-likeness (QED) is 0.873. The molecule has 0 aliphatic rings. The van der Waals surface area contributed by atoms with Gasteiger partial charge >= 0.3 is 5.97 Å². The predicted molar refractivity (Wildman–Crippen MR) is 81.5 cm³/mol. The summed E-state index contributed by atoms with van der Waals surface area (Å²) in [4.78, 5) is 15.5. The Kier molecular flexibility index (Phi) is 4.49. The average molecular weight is 329 g/mol. The molecule has 0 radical (unpaired) electrons. The van der Waals surface area contributed by atoms with Crippen molar-refractivity contribution in [1.82, 2.24) is 4.98 Å². The van der Waals surface area contributed by atoms with E-state index in [0.29, 0.717) is 17.4 Å². The van der Waals surface area contributed by atoms with E-state index in [1.165, 1.54) is 17.4 Å². The number of nitrogens with one attached hydrogen (secondary N) is 1.